The predicted octanol–water partition coefficient (Wildman–Crippen LogP) is 2.04. The second-order valence-corrected chi connectivity index (χ2v) is 3.29. The number of hydrogen-bond donors (Lipinski definition) is 0. The second kappa shape index (κ2) is 3.73. The Morgan fingerprint density at radius 1 is 1.53 bits per heavy atom. The Morgan fingerprint density at radius 3 is 2.93 bits per heavy atom. The fourth-order valence-corrected chi connectivity index (χ4v) is 1.50. The molecule has 2 aromatic rings. The molecule has 0 radical (unpaired) electrons. The van der Waals surface area contributed by atoms with Gasteiger partial charge in [0.25, 0.3) is 0 Å². The molecule has 0 N–H and O–H groups in total. The van der Waals surface area contributed by atoms with Crippen LogP contribution in [-0.4, -0.2) is 15.6 Å². The zero-order valence-electron chi connectivity index (χ0n) is 8.73. The van der Waals surface area contributed by atoms with Crippen molar-refractivity contribution < 1.29 is 9.21 Å². The number of aryl methyl sites for hydroxylation is 2. The first kappa shape index (κ1) is 9.71. The Morgan fingerprint density at radius 2 is 2.33 bits per heavy atom. The molecule has 78 valence electrons. The topological polar surface area (TPSA) is 48.0 Å². The Labute approximate surface area is 87.5 Å². The number of hydrogen-bond acceptors (Lipinski definition) is 3. The van der Waals surface area contributed by atoms with Gasteiger partial charge in [-0.05, 0) is 31.5 Å². The summed E-state index contributed by atoms with van der Waals surface area (Å²) in [5.74, 6) is 0.280. The number of aromatic nitrogens is 2. The van der Waals surface area contributed by atoms with Gasteiger partial charge in [0.1, 0.15) is 5.69 Å². The molecular formula is C11H12N2O2. The molecule has 2 aromatic heterocycles. The van der Waals surface area contributed by atoms with Gasteiger partial charge in [-0.15, -0.1) is 0 Å². The van der Waals surface area contributed by atoms with E-state index < -0.39 is 0 Å². The summed E-state index contributed by atoms with van der Waals surface area (Å²) in [4.78, 5) is 12.0. The van der Waals surface area contributed by atoms with Crippen molar-refractivity contribution in [3.05, 3.63) is 41.6 Å². The van der Waals surface area contributed by atoms with Crippen molar-refractivity contribution in [1.82, 2.24) is 9.78 Å². The highest BCUT2D eigenvalue weighted by molar-refractivity contribution is 6.06. The molecule has 2 rings (SSSR count). The number of carbonyl (C=O) groups excluding carboxylic acids is 1. The molecular weight excluding hydrogens is 192 g/mol. The van der Waals surface area contributed by atoms with Gasteiger partial charge in [-0.3, -0.25) is 9.48 Å². The van der Waals surface area contributed by atoms with Crippen LogP contribution >= 0.6 is 0 Å². The molecule has 15 heavy (non-hydrogen) atoms. The summed E-state index contributed by atoms with van der Waals surface area (Å²) in [6.45, 7) is 4.47. The zero-order valence-corrected chi connectivity index (χ0v) is 8.73. The molecule has 0 aromatic carbocycles. The Hall–Kier alpha value is -1.84. The molecule has 4 nitrogen and oxygen atoms in total. The van der Waals surface area contributed by atoms with Gasteiger partial charge in [0.2, 0.25) is 5.78 Å². The van der Waals surface area contributed by atoms with Gasteiger partial charge in [-0.2, -0.15) is 5.10 Å². The van der Waals surface area contributed by atoms with E-state index in [-0.39, 0.29) is 5.78 Å². The van der Waals surface area contributed by atoms with Crippen LogP contribution in [0.3, 0.4) is 0 Å². The smallest absolute Gasteiger partial charge is 0.246 e. The lowest BCUT2D eigenvalue weighted by Gasteiger charge is -2.01. The average molecular weight is 204 g/mol. The zero-order chi connectivity index (χ0) is 10.8. The molecule has 0 amide bonds. The summed E-state index contributed by atoms with van der Waals surface area (Å²) in [5.41, 5.74) is 1.42. The van der Waals surface area contributed by atoms with Gasteiger partial charge in [-0.25, -0.2) is 0 Å². The van der Waals surface area contributed by atoms with Crippen molar-refractivity contribution in [3.8, 4) is 0 Å². The molecule has 0 atom stereocenters. The lowest BCUT2D eigenvalue weighted by atomic mass is 10.1. The standard InChI is InChI=1S/C11H12N2O2/c1-3-13-9(4-6-12-13)10(14)11-8(2)5-7-15-11/h4-7H,3H2,1-2H3. The van der Waals surface area contributed by atoms with Gasteiger partial charge in [0, 0.05) is 12.7 Å². The number of ketones is 1. The van der Waals surface area contributed by atoms with Gasteiger partial charge in [0.15, 0.2) is 5.76 Å². The van der Waals surface area contributed by atoms with Crippen LogP contribution in [0.25, 0.3) is 0 Å². The van der Waals surface area contributed by atoms with E-state index in [1.54, 1.807) is 23.0 Å². The number of rotatable bonds is 3. The summed E-state index contributed by atoms with van der Waals surface area (Å²) in [6.07, 6.45) is 3.14. The van der Waals surface area contributed by atoms with Crippen LogP contribution in [0.5, 0.6) is 0 Å². The van der Waals surface area contributed by atoms with E-state index in [0.29, 0.717) is 18.0 Å². The maximum atomic E-state index is 12.0. The van der Waals surface area contributed by atoms with Gasteiger partial charge in [0.05, 0.1) is 6.26 Å². The summed E-state index contributed by atoms with van der Waals surface area (Å²) >= 11 is 0. The van der Waals surface area contributed by atoms with Crippen LogP contribution < -0.4 is 0 Å². The third kappa shape index (κ3) is 1.58. The highest BCUT2D eigenvalue weighted by Crippen LogP contribution is 2.14. The molecule has 2 heterocycles. The van der Waals surface area contributed by atoms with Crippen molar-refractivity contribution >= 4 is 5.78 Å². The van der Waals surface area contributed by atoms with Crippen LogP contribution in [0.15, 0.2) is 29.0 Å². The first-order chi connectivity index (χ1) is 7.24. The summed E-state index contributed by atoms with van der Waals surface area (Å²) in [6, 6.07) is 3.48. The number of nitrogens with zero attached hydrogens (tertiary/aromatic N) is 2. The van der Waals surface area contributed by atoms with E-state index in [4.69, 9.17) is 4.42 Å². The van der Waals surface area contributed by atoms with Crippen molar-refractivity contribution in [2.75, 3.05) is 0 Å². The fourth-order valence-electron chi connectivity index (χ4n) is 1.50. The largest absolute Gasteiger partial charge is 0.461 e. The van der Waals surface area contributed by atoms with E-state index >= 15 is 0 Å². The SMILES string of the molecule is CCn1nccc1C(=O)c1occc1C. The third-order valence-electron chi connectivity index (χ3n) is 2.32. The predicted molar refractivity (Wildman–Crippen MR) is 54.8 cm³/mol. The van der Waals surface area contributed by atoms with Crippen LogP contribution in [0, 0.1) is 6.92 Å². The van der Waals surface area contributed by atoms with E-state index in [1.165, 1.54) is 6.26 Å². The minimum Gasteiger partial charge on any atom is -0.461 e. The molecule has 4 heteroatoms. The molecule has 0 saturated heterocycles. The van der Waals surface area contributed by atoms with Crippen molar-refractivity contribution in [3.63, 3.8) is 0 Å². The quantitative estimate of drug-likeness (QED) is 0.719. The van der Waals surface area contributed by atoms with Crippen molar-refractivity contribution in [2.24, 2.45) is 0 Å². The van der Waals surface area contributed by atoms with Gasteiger partial charge < -0.3 is 4.42 Å². The van der Waals surface area contributed by atoms with E-state index in [1.807, 2.05) is 13.8 Å². The molecule has 0 aliphatic carbocycles. The third-order valence-corrected chi connectivity index (χ3v) is 2.32. The summed E-state index contributed by atoms with van der Waals surface area (Å²) < 4.78 is 6.82. The van der Waals surface area contributed by atoms with Crippen LogP contribution in [0.4, 0.5) is 0 Å². The molecule has 0 fully saturated rings. The Balaban J connectivity index is 2.41. The second-order valence-electron chi connectivity index (χ2n) is 3.29. The highest BCUT2D eigenvalue weighted by atomic mass is 16.3. The lowest BCUT2D eigenvalue weighted by molar-refractivity contribution is 0.0998. The summed E-state index contributed by atoms with van der Waals surface area (Å²) in [7, 11) is 0. The molecule has 0 bridgehead atoms. The van der Waals surface area contributed by atoms with Crippen LogP contribution in [-0.2, 0) is 6.54 Å². The van der Waals surface area contributed by atoms with Gasteiger partial charge in [-0.1, -0.05) is 0 Å². The Bertz CT molecular complexity index is 482. The molecule has 0 aliphatic heterocycles. The molecule has 0 aliphatic rings. The molecule has 0 saturated carbocycles. The number of carbonyl (C=O) groups is 1. The summed E-state index contributed by atoms with van der Waals surface area (Å²) in [5, 5.41) is 4.05. The Kier molecular flexibility index (Phi) is 2.41. The first-order valence-corrected chi connectivity index (χ1v) is 4.84. The average Bonchev–Trinajstić information content (AvgIpc) is 2.84. The first-order valence-electron chi connectivity index (χ1n) is 4.84. The van der Waals surface area contributed by atoms with Crippen LogP contribution in [0.1, 0.15) is 28.7 Å². The normalized spacial score (nSPS) is 10.5. The maximum Gasteiger partial charge on any atom is 0.246 e. The van der Waals surface area contributed by atoms with E-state index in [9.17, 15) is 4.79 Å². The highest BCUT2D eigenvalue weighted by Gasteiger charge is 2.18. The number of furan rings is 1. The van der Waals surface area contributed by atoms with Crippen molar-refractivity contribution in [1.29, 1.82) is 0 Å². The molecule has 0 spiro atoms. The van der Waals surface area contributed by atoms with Gasteiger partial charge >= 0.3 is 0 Å². The van der Waals surface area contributed by atoms with Crippen molar-refractivity contribution in [2.45, 2.75) is 20.4 Å². The minimum absolute atomic E-state index is 0.114. The van der Waals surface area contributed by atoms with E-state index in [0.717, 1.165) is 5.56 Å². The molecule has 0 unspecified atom stereocenters. The lowest BCUT2D eigenvalue weighted by Crippen LogP contribution is -2.10. The minimum atomic E-state index is -0.114. The van der Waals surface area contributed by atoms with E-state index in [2.05, 4.69) is 5.10 Å². The monoisotopic (exact) mass is 204 g/mol. The maximum absolute atomic E-state index is 12.0. The van der Waals surface area contributed by atoms with Crippen LogP contribution in [0.2, 0.25) is 0 Å². The fraction of sp³-hybridized carbons (Fsp3) is 0.273.